The van der Waals surface area contributed by atoms with E-state index in [-0.39, 0.29) is 23.7 Å². The molecule has 0 aliphatic carbocycles. The van der Waals surface area contributed by atoms with Gasteiger partial charge in [-0.1, -0.05) is 60.7 Å². The Morgan fingerprint density at radius 2 is 1.61 bits per heavy atom. The van der Waals surface area contributed by atoms with Crippen LogP contribution in [0.5, 0.6) is 5.75 Å². The number of fused-ring (bicyclic) bond motifs is 1. The molecule has 4 heteroatoms. The number of halogens is 1. The Bertz CT molecular complexity index is 1080. The summed E-state index contributed by atoms with van der Waals surface area (Å²) < 4.78 is 13.5. The number of pyridine rings is 1. The van der Waals surface area contributed by atoms with Crippen LogP contribution in [-0.2, 0) is 0 Å². The third kappa shape index (κ3) is 3.59. The van der Waals surface area contributed by atoms with Crippen molar-refractivity contribution >= 4 is 10.9 Å². The molecule has 0 saturated carbocycles. The van der Waals surface area contributed by atoms with Crippen molar-refractivity contribution in [1.82, 2.24) is 10.3 Å². The van der Waals surface area contributed by atoms with E-state index in [1.165, 1.54) is 12.1 Å². The molecule has 0 spiro atoms. The monoisotopic (exact) mass is 372 g/mol. The molecule has 3 nitrogen and oxygen atoms in total. The summed E-state index contributed by atoms with van der Waals surface area (Å²) in [6.07, 6.45) is 1.67. The molecule has 1 heterocycles. The first-order valence-corrected chi connectivity index (χ1v) is 9.26. The number of aromatic nitrogens is 1. The van der Waals surface area contributed by atoms with Crippen LogP contribution in [0, 0.1) is 5.82 Å². The molecule has 0 aliphatic heterocycles. The summed E-state index contributed by atoms with van der Waals surface area (Å²) in [6, 6.07) is 23.8. The molecule has 2 N–H and O–H groups in total. The number of rotatable bonds is 5. The van der Waals surface area contributed by atoms with E-state index in [1.807, 2.05) is 42.5 Å². The molecule has 0 bridgehead atoms. The van der Waals surface area contributed by atoms with Crippen molar-refractivity contribution in [3.8, 4) is 5.75 Å². The average molecular weight is 372 g/mol. The molecule has 28 heavy (non-hydrogen) atoms. The maximum Gasteiger partial charge on any atom is 0.146 e. The molecule has 1 unspecified atom stereocenters. The highest BCUT2D eigenvalue weighted by Crippen LogP contribution is 2.35. The minimum Gasteiger partial charge on any atom is -0.505 e. The number of phenols is 1. The third-order valence-electron chi connectivity index (χ3n) is 5.01. The second-order valence-corrected chi connectivity index (χ2v) is 6.86. The van der Waals surface area contributed by atoms with Gasteiger partial charge in [0.25, 0.3) is 0 Å². The smallest absolute Gasteiger partial charge is 0.146 e. The zero-order valence-electron chi connectivity index (χ0n) is 15.5. The lowest BCUT2D eigenvalue weighted by Gasteiger charge is -2.25. The Balaban J connectivity index is 1.79. The van der Waals surface area contributed by atoms with Crippen LogP contribution in [0.25, 0.3) is 10.9 Å². The molecule has 0 amide bonds. The molecule has 4 rings (SSSR count). The number of phenolic OH excluding ortho intramolecular Hbond substituents is 1. The predicted octanol–water partition coefficient (Wildman–Crippen LogP) is 5.52. The van der Waals surface area contributed by atoms with Crippen LogP contribution in [0.3, 0.4) is 0 Å². The van der Waals surface area contributed by atoms with E-state index in [0.717, 1.165) is 16.5 Å². The standard InChI is InChI=1S/C24H21FN2O/c1-16(17-6-3-2-4-7-17)27-22(19-9-12-20(25)13-10-19)21-14-11-18-8-5-15-26-23(18)24(21)28/h2-16,22,27-28H,1H3/t16-,22?/m0/s1. The Kier molecular flexibility index (Phi) is 5.04. The number of nitrogens with zero attached hydrogens (tertiary/aromatic N) is 1. The summed E-state index contributed by atoms with van der Waals surface area (Å²) in [6.45, 7) is 2.07. The lowest BCUT2D eigenvalue weighted by molar-refractivity contribution is 0.451. The third-order valence-corrected chi connectivity index (χ3v) is 5.01. The molecule has 0 radical (unpaired) electrons. The van der Waals surface area contributed by atoms with Crippen LogP contribution in [-0.4, -0.2) is 10.1 Å². The van der Waals surface area contributed by atoms with Gasteiger partial charge in [-0.05, 0) is 36.2 Å². The Hall–Kier alpha value is -3.24. The number of nitrogens with one attached hydrogen (secondary N) is 1. The summed E-state index contributed by atoms with van der Waals surface area (Å²) in [5.41, 5.74) is 3.27. The second-order valence-electron chi connectivity index (χ2n) is 6.86. The molecule has 140 valence electrons. The Morgan fingerprint density at radius 3 is 2.36 bits per heavy atom. The number of benzene rings is 3. The van der Waals surface area contributed by atoms with Gasteiger partial charge in [0.15, 0.2) is 0 Å². The zero-order chi connectivity index (χ0) is 19.5. The van der Waals surface area contributed by atoms with Crippen LogP contribution >= 0.6 is 0 Å². The first kappa shape index (κ1) is 18.1. The Morgan fingerprint density at radius 1 is 0.857 bits per heavy atom. The molecule has 0 aliphatic rings. The predicted molar refractivity (Wildman–Crippen MR) is 110 cm³/mol. The van der Waals surface area contributed by atoms with Crippen molar-refractivity contribution in [3.05, 3.63) is 108 Å². The number of hydrogen-bond acceptors (Lipinski definition) is 3. The molecule has 3 aromatic carbocycles. The summed E-state index contributed by atoms with van der Waals surface area (Å²) in [5, 5.41) is 15.4. The fourth-order valence-corrected chi connectivity index (χ4v) is 3.49. The van der Waals surface area contributed by atoms with Gasteiger partial charge in [-0.2, -0.15) is 0 Å². The van der Waals surface area contributed by atoms with Gasteiger partial charge in [0, 0.05) is 23.2 Å². The lowest BCUT2D eigenvalue weighted by atomic mass is 9.94. The van der Waals surface area contributed by atoms with E-state index in [9.17, 15) is 9.50 Å². The normalized spacial score (nSPS) is 13.4. The lowest BCUT2D eigenvalue weighted by Crippen LogP contribution is -2.25. The first-order chi connectivity index (χ1) is 13.6. The summed E-state index contributed by atoms with van der Waals surface area (Å²) in [4.78, 5) is 4.33. The maximum absolute atomic E-state index is 13.5. The van der Waals surface area contributed by atoms with Gasteiger partial charge in [-0.15, -0.1) is 0 Å². The van der Waals surface area contributed by atoms with E-state index < -0.39 is 0 Å². The maximum atomic E-state index is 13.5. The average Bonchev–Trinajstić information content (AvgIpc) is 2.74. The second kappa shape index (κ2) is 7.79. The zero-order valence-corrected chi connectivity index (χ0v) is 15.5. The number of hydrogen-bond donors (Lipinski definition) is 2. The van der Waals surface area contributed by atoms with Crippen LogP contribution in [0.4, 0.5) is 4.39 Å². The molecule has 0 fully saturated rings. The SMILES string of the molecule is C[C@H](NC(c1ccc(F)cc1)c1ccc2cccnc2c1O)c1ccccc1. The van der Waals surface area contributed by atoms with Crippen LogP contribution in [0.15, 0.2) is 85.1 Å². The van der Waals surface area contributed by atoms with E-state index in [0.29, 0.717) is 11.1 Å². The van der Waals surface area contributed by atoms with E-state index >= 15 is 0 Å². The topological polar surface area (TPSA) is 45.2 Å². The van der Waals surface area contributed by atoms with Gasteiger partial charge in [-0.25, -0.2) is 4.39 Å². The fraction of sp³-hybridized carbons (Fsp3) is 0.125. The molecular formula is C24H21FN2O. The van der Waals surface area contributed by atoms with E-state index in [2.05, 4.69) is 29.4 Å². The van der Waals surface area contributed by atoms with Gasteiger partial charge < -0.3 is 5.11 Å². The van der Waals surface area contributed by atoms with Gasteiger partial charge in [0.05, 0.1) is 6.04 Å². The molecule has 1 aromatic heterocycles. The quantitative estimate of drug-likeness (QED) is 0.485. The van der Waals surface area contributed by atoms with Gasteiger partial charge in [0.2, 0.25) is 0 Å². The molecular weight excluding hydrogens is 351 g/mol. The van der Waals surface area contributed by atoms with Gasteiger partial charge in [0.1, 0.15) is 17.1 Å². The number of aromatic hydroxyl groups is 1. The highest BCUT2D eigenvalue weighted by molar-refractivity contribution is 5.85. The summed E-state index contributed by atoms with van der Waals surface area (Å²) in [5.74, 6) is -0.150. The van der Waals surface area contributed by atoms with E-state index in [1.54, 1.807) is 18.3 Å². The minimum absolute atomic E-state index is 0.0232. The van der Waals surface area contributed by atoms with Crippen molar-refractivity contribution in [3.63, 3.8) is 0 Å². The highest BCUT2D eigenvalue weighted by atomic mass is 19.1. The summed E-state index contributed by atoms with van der Waals surface area (Å²) in [7, 11) is 0. The fourth-order valence-electron chi connectivity index (χ4n) is 3.49. The van der Waals surface area contributed by atoms with Gasteiger partial charge >= 0.3 is 0 Å². The van der Waals surface area contributed by atoms with Crippen LogP contribution in [0.1, 0.15) is 35.7 Å². The minimum atomic E-state index is -0.317. The van der Waals surface area contributed by atoms with Crippen molar-refractivity contribution < 1.29 is 9.50 Å². The first-order valence-electron chi connectivity index (χ1n) is 9.26. The molecule has 4 aromatic rings. The van der Waals surface area contributed by atoms with E-state index in [4.69, 9.17) is 0 Å². The largest absolute Gasteiger partial charge is 0.505 e. The highest BCUT2D eigenvalue weighted by Gasteiger charge is 2.22. The van der Waals surface area contributed by atoms with Crippen molar-refractivity contribution in [2.45, 2.75) is 19.0 Å². The van der Waals surface area contributed by atoms with Crippen molar-refractivity contribution in [2.75, 3.05) is 0 Å². The molecule has 2 atom stereocenters. The Labute approximate surface area is 163 Å². The van der Waals surface area contributed by atoms with Crippen molar-refractivity contribution in [2.24, 2.45) is 0 Å². The summed E-state index contributed by atoms with van der Waals surface area (Å²) >= 11 is 0. The molecule has 0 saturated heterocycles. The van der Waals surface area contributed by atoms with Crippen LogP contribution < -0.4 is 5.32 Å². The van der Waals surface area contributed by atoms with Crippen molar-refractivity contribution in [1.29, 1.82) is 0 Å². The van der Waals surface area contributed by atoms with Crippen LogP contribution in [0.2, 0.25) is 0 Å². The van der Waals surface area contributed by atoms with Gasteiger partial charge in [-0.3, -0.25) is 10.3 Å².